The van der Waals surface area contributed by atoms with Gasteiger partial charge in [-0.05, 0) is 55.5 Å². The van der Waals surface area contributed by atoms with Gasteiger partial charge in [-0.1, -0.05) is 27.7 Å². The Labute approximate surface area is 128 Å². The van der Waals surface area contributed by atoms with E-state index in [-0.39, 0.29) is 5.41 Å². The minimum atomic E-state index is 0.228. The molecule has 0 radical (unpaired) electrons. The molecular formula is C18H29N3. The Hall–Kier alpha value is -1.35. The Morgan fingerprint density at radius 1 is 1.19 bits per heavy atom. The monoisotopic (exact) mass is 287 g/mol. The highest BCUT2D eigenvalue weighted by Crippen LogP contribution is 2.24. The molecule has 2 aromatic rings. The molecule has 2 rings (SSSR count). The van der Waals surface area contributed by atoms with Crippen LogP contribution in [0.25, 0.3) is 11.0 Å². The second-order valence-corrected chi connectivity index (χ2v) is 7.19. The van der Waals surface area contributed by atoms with E-state index in [1.165, 1.54) is 16.6 Å². The van der Waals surface area contributed by atoms with Crippen LogP contribution in [0.4, 0.5) is 0 Å². The van der Waals surface area contributed by atoms with Crippen LogP contribution in [0.2, 0.25) is 0 Å². The molecular weight excluding hydrogens is 258 g/mol. The minimum Gasteiger partial charge on any atom is -0.329 e. The Kier molecular flexibility index (Phi) is 4.72. The number of imidazole rings is 1. The van der Waals surface area contributed by atoms with Crippen molar-refractivity contribution in [3.63, 3.8) is 0 Å². The Balaban J connectivity index is 2.30. The first-order valence-corrected chi connectivity index (χ1v) is 7.98. The first-order chi connectivity index (χ1) is 9.82. The van der Waals surface area contributed by atoms with Gasteiger partial charge in [0.1, 0.15) is 0 Å². The second-order valence-electron chi connectivity index (χ2n) is 7.19. The molecule has 0 saturated heterocycles. The molecule has 1 atom stereocenters. The van der Waals surface area contributed by atoms with Crippen molar-refractivity contribution >= 4 is 11.0 Å². The van der Waals surface area contributed by atoms with Crippen molar-refractivity contribution in [2.24, 2.45) is 5.41 Å². The standard InChI is InChI=1S/C18H29N3/c1-7-8-19-17(18(4,5)6)11-21-12-20-15-9-13(2)14(3)10-16(15)21/h9-10,12,17,19H,7-8,11H2,1-6H3. The van der Waals surface area contributed by atoms with Crippen LogP contribution in [0.3, 0.4) is 0 Å². The number of aromatic nitrogens is 2. The predicted molar refractivity (Wildman–Crippen MR) is 90.7 cm³/mol. The SMILES string of the molecule is CCCNC(Cn1cnc2cc(C)c(C)cc21)C(C)(C)C. The van der Waals surface area contributed by atoms with E-state index in [1.54, 1.807) is 0 Å². The fourth-order valence-corrected chi connectivity index (χ4v) is 2.62. The van der Waals surface area contributed by atoms with Crippen molar-refractivity contribution in [2.45, 2.75) is 60.5 Å². The van der Waals surface area contributed by atoms with Crippen LogP contribution >= 0.6 is 0 Å². The highest BCUT2D eigenvalue weighted by atomic mass is 15.1. The third-order valence-corrected chi connectivity index (χ3v) is 4.30. The van der Waals surface area contributed by atoms with Crippen molar-refractivity contribution in [3.8, 4) is 0 Å². The molecule has 1 aromatic heterocycles. The maximum Gasteiger partial charge on any atom is 0.0958 e. The topological polar surface area (TPSA) is 29.9 Å². The summed E-state index contributed by atoms with van der Waals surface area (Å²) >= 11 is 0. The zero-order chi connectivity index (χ0) is 15.6. The number of benzene rings is 1. The van der Waals surface area contributed by atoms with Gasteiger partial charge in [0.2, 0.25) is 0 Å². The number of fused-ring (bicyclic) bond motifs is 1. The molecule has 0 saturated carbocycles. The molecule has 0 fully saturated rings. The van der Waals surface area contributed by atoms with Crippen molar-refractivity contribution in [1.29, 1.82) is 0 Å². The van der Waals surface area contributed by atoms with Crippen LogP contribution in [-0.2, 0) is 6.54 Å². The van der Waals surface area contributed by atoms with E-state index < -0.39 is 0 Å². The Bertz CT molecular complexity index is 605. The summed E-state index contributed by atoms with van der Waals surface area (Å²) < 4.78 is 2.29. The van der Waals surface area contributed by atoms with Crippen LogP contribution in [0.15, 0.2) is 18.5 Å². The third-order valence-electron chi connectivity index (χ3n) is 4.30. The van der Waals surface area contributed by atoms with E-state index in [0.29, 0.717) is 6.04 Å². The van der Waals surface area contributed by atoms with E-state index >= 15 is 0 Å². The van der Waals surface area contributed by atoms with Gasteiger partial charge in [0.15, 0.2) is 0 Å². The summed E-state index contributed by atoms with van der Waals surface area (Å²) in [5.41, 5.74) is 5.21. The third kappa shape index (κ3) is 3.65. The van der Waals surface area contributed by atoms with E-state index in [9.17, 15) is 0 Å². The van der Waals surface area contributed by atoms with Crippen LogP contribution < -0.4 is 5.32 Å². The van der Waals surface area contributed by atoms with Crippen molar-refractivity contribution < 1.29 is 0 Å². The van der Waals surface area contributed by atoms with E-state index in [4.69, 9.17) is 0 Å². The lowest BCUT2D eigenvalue weighted by Crippen LogP contribution is -2.43. The van der Waals surface area contributed by atoms with Crippen LogP contribution in [-0.4, -0.2) is 22.1 Å². The summed E-state index contributed by atoms with van der Waals surface area (Å²) in [5.74, 6) is 0. The summed E-state index contributed by atoms with van der Waals surface area (Å²) in [6.45, 7) is 15.5. The second kappa shape index (κ2) is 6.18. The van der Waals surface area contributed by atoms with Gasteiger partial charge in [-0.3, -0.25) is 0 Å². The molecule has 3 heteroatoms. The lowest BCUT2D eigenvalue weighted by molar-refractivity contribution is 0.244. The van der Waals surface area contributed by atoms with Gasteiger partial charge in [0.05, 0.1) is 17.4 Å². The summed E-state index contributed by atoms with van der Waals surface area (Å²) in [6, 6.07) is 4.89. The summed E-state index contributed by atoms with van der Waals surface area (Å²) in [4.78, 5) is 4.57. The molecule has 0 aliphatic rings. The summed E-state index contributed by atoms with van der Waals surface area (Å²) in [7, 11) is 0. The maximum atomic E-state index is 4.57. The van der Waals surface area contributed by atoms with Crippen LogP contribution in [0.5, 0.6) is 0 Å². The Morgan fingerprint density at radius 3 is 2.48 bits per heavy atom. The minimum absolute atomic E-state index is 0.228. The summed E-state index contributed by atoms with van der Waals surface area (Å²) in [5, 5.41) is 3.69. The largest absolute Gasteiger partial charge is 0.329 e. The number of rotatable bonds is 5. The van der Waals surface area contributed by atoms with Gasteiger partial charge in [-0.2, -0.15) is 0 Å². The van der Waals surface area contributed by atoms with E-state index in [2.05, 4.69) is 68.5 Å². The molecule has 0 amide bonds. The molecule has 3 nitrogen and oxygen atoms in total. The number of hydrogen-bond donors (Lipinski definition) is 1. The van der Waals surface area contributed by atoms with E-state index in [1.807, 2.05) is 6.33 Å². The molecule has 0 spiro atoms. The highest BCUT2D eigenvalue weighted by Gasteiger charge is 2.24. The molecule has 1 aromatic carbocycles. The van der Waals surface area contributed by atoms with Gasteiger partial charge in [0, 0.05) is 12.6 Å². The number of nitrogens with zero attached hydrogens (tertiary/aromatic N) is 2. The van der Waals surface area contributed by atoms with Gasteiger partial charge in [-0.15, -0.1) is 0 Å². The first-order valence-electron chi connectivity index (χ1n) is 7.98. The van der Waals surface area contributed by atoms with Crippen molar-refractivity contribution in [1.82, 2.24) is 14.9 Å². The van der Waals surface area contributed by atoms with Gasteiger partial charge < -0.3 is 9.88 Å². The van der Waals surface area contributed by atoms with Gasteiger partial charge >= 0.3 is 0 Å². The van der Waals surface area contributed by atoms with Crippen molar-refractivity contribution in [2.75, 3.05) is 6.54 Å². The predicted octanol–water partition coefficient (Wildman–Crippen LogP) is 4.07. The fourth-order valence-electron chi connectivity index (χ4n) is 2.62. The molecule has 1 heterocycles. The molecule has 1 N–H and O–H groups in total. The fraction of sp³-hybridized carbons (Fsp3) is 0.611. The molecule has 0 bridgehead atoms. The number of nitrogens with one attached hydrogen (secondary N) is 1. The lowest BCUT2D eigenvalue weighted by atomic mass is 9.86. The zero-order valence-electron chi connectivity index (χ0n) is 14.3. The molecule has 0 aliphatic heterocycles. The molecule has 116 valence electrons. The number of aryl methyl sites for hydroxylation is 2. The summed E-state index contributed by atoms with van der Waals surface area (Å²) in [6.07, 6.45) is 3.14. The molecule has 1 unspecified atom stereocenters. The van der Waals surface area contributed by atoms with Gasteiger partial charge in [0.25, 0.3) is 0 Å². The Morgan fingerprint density at radius 2 is 1.86 bits per heavy atom. The molecule has 0 aliphatic carbocycles. The van der Waals surface area contributed by atoms with Crippen LogP contribution in [0.1, 0.15) is 45.2 Å². The zero-order valence-corrected chi connectivity index (χ0v) is 14.3. The average molecular weight is 287 g/mol. The lowest BCUT2D eigenvalue weighted by Gasteiger charge is -2.32. The number of hydrogen-bond acceptors (Lipinski definition) is 2. The van der Waals surface area contributed by atoms with Gasteiger partial charge in [-0.25, -0.2) is 4.98 Å². The van der Waals surface area contributed by atoms with Crippen molar-refractivity contribution in [3.05, 3.63) is 29.6 Å². The quantitative estimate of drug-likeness (QED) is 0.898. The van der Waals surface area contributed by atoms with Crippen LogP contribution in [0, 0.1) is 19.3 Å². The maximum absolute atomic E-state index is 4.57. The average Bonchev–Trinajstić information content (AvgIpc) is 2.76. The first kappa shape index (κ1) is 16.0. The smallest absolute Gasteiger partial charge is 0.0958 e. The van der Waals surface area contributed by atoms with E-state index in [0.717, 1.165) is 25.0 Å². The normalized spacial score (nSPS) is 13.8. The molecule has 21 heavy (non-hydrogen) atoms. The highest BCUT2D eigenvalue weighted by molar-refractivity contribution is 5.77.